The molecule has 2 saturated carbocycles. The van der Waals surface area contributed by atoms with Gasteiger partial charge in [-0.05, 0) is 52.1 Å². The van der Waals surface area contributed by atoms with E-state index in [0.717, 1.165) is 31.8 Å². The van der Waals surface area contributed by atoms with Gasteiger partial charge in [-0.1, -0.05) is 6.92 Å². The normalized spacial score (nSPS) is 33.9. The Hall–Kier alpha value is -0.610. The van der Waals surface area contributed by atoms with E-state index in [2.05, 4.69) is 17.3 Å². The lowest BCUT2D eigenvalue weighted by molar-refractivity contribution is -0.126. The number of nitrogens with zero attached hydrogens (tertiary/aromatic N) is 1. The minimum absolute atomic E-state index is 0.173. The summed E-state index contributed by atoms with van der Waals surface area (Å²) in [5, 5.41) is 3.34. The largest absolute Gasteiger partial charge is 0.368 e. The van der Waals surface area contributed by atoms with Crippen LogP contribution in [0.25, 0.3) is 0 Å². The van der Waals surface area contributed by atoms with E-state index in [1.165, 1.54) is 19.3 Å². The van der Waals surface area contributed by atoms with Crippen LogP contribution in [0.2, 0.25) is 0 Å². The highest BCUT2D eigenvalue weighted by atomic mass is 16.1. The minimum Gasteiger partial charge on any atom is -0.368 e. The van der Waals surface area contributed by atoms with Crippen LogP contribution in [0.3, 0.4) is 0 Å². The molecule has 0 saturated heterocycles. The first kappa shape index (κ1) is 12.8. The molecule has 0 aliphatic heterocycles. The molecule has 0 radical (unpaired) electrons. The molecule has 98 valence electrons. The molecule has 2 atom stereocenters. The van der Waals surface area contributed by atoms with Gasteiger partial charge < -0.3 is 16.0 Å². The van der Waals surface area contributed by atoms with Gasteiger partial charge in [-0.25, -0.2) is 0 Å². The summed E-state index contributed by atoms with van der Waals surface area (Å²) in [7, 11) is 2.20. The Morgan fingerprint density at radius 1 is 1.41 bits per heavy atom. The number of nitrogens with one attached hydrogen (secondary N) is 1. The number of amides is 1. The van der Waals surface area contributed by atoms with E-state index in [1.54, 1.807) is 0 Å². The van der Waals surface area contributed by atoms with Crippen LogP contribution in [0.1, 0.15) is 45.4 Å². The van der Waals surface area contributed by atoms with Crippen molar-refractivity contribution >= 4 is 5.91 Å². The van der Waals surface area contributed by atoms with Crippen LogP contribution in [0.5, 0.6) is 0 Å². The van der Waals surface area contributed by atoms with E-state index in [-0.39, 0.29) is 5.91 Å². The number of nitrogens with two attached hydrogens (primary N) is 1. The first-order valence-corrected chi connectivity index (χ1v) is 6.86. The van der Waals surface area contributed by atoms with Crippen molar-refractivity contribution in [1.29, 1.82) is 0 Å². The van der Waals surface area contributed by atoms with Gasteiger partial charge in [-0.3, -0.25) is 4.79 Å². The predicted octanol–water partition coefficient (Wildman–Crippen LogP) is 0.857. The lowest BCUT2D eigenvalue weighted by Gasteiger charge is -2.42. The molecule has 0 aromatic rings. The third-order valence-corrected chi connectivity index (χ3v) is 4.41. The van der Waals surface area contributed by atoms with Gasteiger partial charge in [0, 0.05) is 12.1 Å². The van der Waals surface area contributed by atoms with Crippen molar-refractivity contribution in [3.8, 4) is 0 Å². The molecule has 2 aliphatic carbocycles. The molecule has 3 N–H and O–H groups in total. The smallest absolute Gasteiger partial charge is 0.237 e. The molecule has 2 unspecified atom stereocenters. The van der Waals surface area contributed by atoms with E-state index < -0.39 is 5.54 Å². The highest BCUT2D eigenvalue weighted by molar-refractivity contribution is 5.84. The highest BCUT2D eigenvalue weighted by Gasteiger charge is 2.43. The molecule has 0 spiro atoms. The lowest BCUT2D eigenvalue weighted by atomic mass is 9.77. The molecule has 2 rings (SSSR count). The van der Waals surface area contributed by atoms with Gasteiger partial charge in [0.2, 0.25) is 5.91 Å². The molecule has 17 heavy (non-hydrogen) atoms. The number of hydrogen-bond donors (Lipinski definition) is 2. The Balaban J connectivity index is 2.04. The molecule has 2 fully saturated rings. The van der Waals surface area contributed by atoms with E-state index in [0.29, 0.717) is 6.04 Å². The molecule has 0 heterocycles. The second kappa shape index (κ2) is 4.94. The van der Waals surface area contributed by atoms with Crippen LogP contribution < -0.4 is 11.1 Å². The zero-order chi connectivity index (χ0) is 12.5. The van der Waals surface area contributed by atoms with Gasteiger partial charge in [0.25, 0.3) is 0 Å². The zero-order valence-corrected chi connectivity index (χ0v) is 11.0. The molecule has 4 nitrogen and oxygen atoms in total. The lowest BCUT2D eigenvalue weighted by Crippen LogP contribution is -2.60. The van der Waals surface area contributed by atoms with Crippen molar-refractivity contribution in [2.75, 3.05) is 13.6 Å². The number of hydrogen-bond acceptors (Lipinski definition) is 3. The minimum atomic E-state index is -0.458. The quantitative estimate of drug-likeness (QED) is 0.748. The Kier molecular flexibility index (Phi) is 3.73. The van der Waals surface area contributed by atoms with E-state index >= 15 is 0 Å². The summed E-state index contributed by atoms with van der Waals surface area (Å²) >= 11 is 0. The summed E-state index contributed by atoms with van der Waals surface area (Å²) in [6.45, 7) is 2.85. The topological polar surface area (TPSA) is 58.4 Å². The van der Waals surface area contributed by atoms with Gasteiger partial charge in [0.15, 0.2) is 0 Å². The first-order valence-electron chi connectivity index (χ1n) is 6.86. The number of carbonyl (C=O) groups is 1. The average molecular weight is 239 g/mol. The van der Waals surface area contributed by atoms with Gasteiger partial charge >= 0.3 is 0 Å². The van der Waals surface area contributed by atoms with Crippen molar-refractivity contribution < 1.29 is 4.79 Å². The van der Waals surface area contributed by atoms with Crippen LogP contribution in [0.4, 0.5) is 0 Å². The average Bonchev–Trinajstić information content (AvgIpc) is 3.12. The fourth-order valence-electron chi connectivity index (χ4n) is 3.18. The predicted molar refractivity (Wildman–Crippen MR) is 68.6 cm³/mol. The van der Waals surface area contributed by atoms with Crippen molar-refractivity contribution in [3.05, 3.63) is 0 Å². The van der Waals surface area contributed by atoms with Gasteiger partial charge in [0.05, 0.1) is 5.54 Å². The summed E-state index contributed by atoms with van der Waals surface area (Å²) in [6.07, 6.45) is 6.70. The number of rotatable bonds is 5. The summed E-state index contributed by atoms with van der Waals surface area (Å²) in [4.78, 5) is 14.2. The van der Waals surface area contributed by atoms with E-state index in [4.69, 9.17) is 5.73 Å². The fourth-order valence-corrected chi connectivity index (χ4v) is 3.18. The third kappa shape index (κ3) is 2.63. The summed E-state index contributed by atoms with van der Waals surface area (Å²) in [5.41, 5.74) is 5.16. The van der Waals surface area contributed by atoms with Crippen LogP contribution in [-0.2, 0) is 4.79 Å². The maximum Gasteiger partial charge on any atom is 0.237 e. The monoisotopic (exact) mass is 239 g/mol. The second-order valence-electron chi connectivity index (χ2n) is 5.62. The Morgan fingerprint density at radius 3 is 2.65 bits per heavy atom. The SMILES string of the molecule is CCNC1(C(N)=O)CCCC(N(C)C2CC2)C1. The molecule has 0 aromatic heterocycles. The maximum absolute atomic E-state index is 11.8. The van der Waals surface area contributed by atoms with Crippen molar-refractivity contribution in [2.24, 2.45) is 5.73 Å². The standard InChI is InChI=1S/C13H25N3O/c1-3-15-13(12(14)17)8-4-5-11(9-13)16(2)10-6-7-10/h10-11,15H,3-9H2,1-2H3,(H2,14,17). The third-order valence-electron chi connectivity index (χ3n) is 4.41. The van der Waals surface area contributed by atoms with Crippen LogP contribution >= 0.6 is 0 Å². The summed E-state index contributed by atoms with van der Waals surface area (Å²) < 4.78 is 0. The molecular formula is C13H25N3O. The molecule has 4 heteroatoms. The highest BCUT2D eigenvalue weighted by Crippen LogP contribution is 2.35. The van der Waals surface area contributed by atoms with Gasteiger partial charge in [-0.2, -0.15) is 0 Å². The Labute approximate surface area is 104 Å². The van der Waals surface area contributed by atoms with Crippen molar-refractivity contribution in [2.45, 2.75) is 63.1 Å². The number of likely N-dealkylation sites (N-methyl/N-ethyl adjacent to an activating group) is 1. The molecule has 1 amide bonds. The molecule has 0 bridgehead atoms. The fraction of sp³-hybridized carbons (Fsp3) is 0.923. The summed E-state index contributed by atoms with van der Waals surface area (Å²) in [5.74, 6) is -0.173. The number of carbonyl (C=O) groups excluding carboxylic acids is 1. The van der Waals surface area contributed by atoms with Crippen LogP contribution in [-0.4, -0.2) is 42.0 Å². The molecule has 2 aliphatic rings. The van der Waals surface area contributed by atoms with Gasteiger partial charge in [-0.15, -0.1) is 0 Å². The van der Waals surface area contributed by atoms with E-state index in [9.17, 15) is 4.79 Å². The first-order chi connectivity index (χ1) is 8.09. The zero-order valence-electron chi connectivity index (χ0n) is 11.0. The van der Waals surface area contributed by atoms with Crippen LogP contribution in [0, 0.1) is 0 Å². The Bertz CT molecular complexity index is 286. The van der Waals surface area contributed by atoms with Crippen LogP contribution in [0.15, 0.2) is 0 Å². The van der Waals surface area contributed by atoms with Gasteiger partial charge in [0.1, 0.15) is 0 Å². The maximum atomic E-state index is 11.8. The molecular weight excluding hydrogens is 214 g/mol. The van der Waals surface area contributed by atoms with Crippen molar-refractivity contribution in [1.82, 2.24) is 10.2 Å². The summed E-state index contributed by atoms with van der Waals surface area (Å²) in [6, 6.07) is 1.27. The Morgan fingerprint density at radius 2 is 2.12 bits per heavy atom. The van der Waals surface area contributed by atoms with E-state index in [1.807, 2.05) is 6.92 Å². The number of primary amides is 1. The molecule has 0 aromatic carbocycles. The second-order valence-corrected chi connectivity index (χ2v) is 5.62. The van der Waals surface area contributed by atoms with Crippen molar-refractivity contribution in [3.63, 3.8) is 0 Å².